The molecule has 0 bridgehead atoms. The highest BCUT2D eigenvalue weighted by atomic mass is 32.2. The Labute approximate surface area is 156 Å². The van der Waals surface area contributed by atoms with Crippen LogP contribution in [-0.2, 0) is 4.79 Å². The van der Waals surface area contributed by atoms with Gasteiger partial charge in [0, 0.05) is 5.56 Å². The Morgan fingerprint density at radius 3 is 2.23 bits per heavy atom. The first-order valence-corrected chi connectivity index (χ1v) is 9.50. The third kappa shape index (κ3) is 3.10. The molecule has 1 atom stereocenters. The third-order valence-corrected chi connectivity index (χ3v) is 5.90. The highest BCUT2D eigenvalue weighted by Crippen LogP contribution is 2.28. The molecular weight excluding hydrogens is 342 g/mol. The molecule has 1 aliphatic heterocycles. The maximum Gasteiger partial charge on any atom is 0.239 e. The van der Waals surface area contributed by atoms with Crippen molar-refractivity contribution in [1.29, 1.82) is 0 Å². The van der Waals surface area contributed by atoms with Crippen LogP contribution in [0.4, 0.5) is 0 Å². The number of nitrogens with zero attached hydrogens (tertiary/aromatic N) is 2. The van der Waals surface area contributed by atoms with Gasteiger partial charge in [-0.05, 0) is 33.5 Å². The minimum atomic E-state index is -0.0951. The fraction of sp³-hybridized carbons (Fsp3) is 0.190. The molecule has 0 radical (unpaired) electrons. The van der Waals surface area contributed by atoms with Gasteiger partial charge in [0.2, 0.25) is 5.91 Å². The standard InChI is InChI=1S/C21H19N3OS/c1-13(2)19-20(25)23-21(26-19)24-22-12-18-16-9-5-3-7-14(16)11-15-8-4-6-10-17(15)18/h3-13,19H,1-2H3,(H,23,24,25). The zero-order valence-corrected chi connectivity index (χ0v) is 15.5. The van der Waals surface area contributed by atoms with Gasteiger partial charge in [-0.15, -0.1) is 5.10 Å². The molecule has 1 unspecified atom stereocenters. The average molecular weight is 361 g/mol. The van der Waals surface area contributed by atoms with Gasteiger partial charge in [-0.3, -0.25) is 4.79 Å². The molecule has 0 spiro atoms. The van der Waals surface area contributed by atoms with E-state index in [1.807, 2.05) is 38.1 Å². The Hall–Kier alpha value is -2.66. The van der Waals surface area contributed by atoms with Crippen molar-refractivity contribution in [2.24, 2.45) is 16.1 Å². The SMILES string of the molecule is CC(C)C1S/C(=N/N=Cc2c3ccccc3cc3ccccc23)NC1=O. The summed E-state index contributed by atoms with van der Waals surface area (Å²) in [4.78, 5) is 11.9. The topological polar surface area (TPSA) is 53.8 Å². The number of rotatable bonds is 3. The number of carbonyl (C=O) groups excluding carboxylic acids is 1. The number of fused-ring (bicyclic) bond motifs is 2. The van der Waals surface area contributed by atoms with Crippen LogP contribution in [0.15, 0.2) is 64.8 Å². The smallest absolute Gasteiger partial charge is 0.239 e. The molecule has 0 aliphatic carbocycles. The molecule has 5 heteroatoms. The summed E-state index contributed by atoms with van der Waals surface area (Å²) in [6.07, 6.45) is 1.78. The molecule has 0 saturated carbocycles. The molecule has 0 aromatic heterocycles. The summed E-state index contributed by atoms with van der Waals surface area (Å²) in [6, 6.07) is 18.7. The normalized spacial score (nSPS) is 19.3. The summed E-state index contributed by atoms with van der Waals surface area (Å²) in [7, 11) is 0. The zero-order valence-electron chi connectivity index (χ0n) is 14.6. The predicted molar refractivity (Wildman–Crippen MR) is 111 cm³/mol. The summed E-state index contributed by atoms with van der Waals surface area (Å²) in [5.74, 6) is 0.272. The molecule has 1 saturated heterocycles. The average Bonchev–Trinajstić information content (AvgIpc) is 3.02. The number of nitrogens with one attached hydrogen (secondary N) is 1. The van der Waals surface area contributed by atoms with Crippen molar-refractivity contribution in [3.05, 3.63) is 60.2 Å². The lowest BCUT2D eigenvalue weighted by Crippen LogP contribution is -2.27. The van der Waals surface area contributed by atoms with E-state index in [9.17, 15) is 4.79 Å². The second-order valence-electron chi connectivity index (χ2n) is 6.65. The molecule has 26 heavy (non-hydrogen) atoms. The molecule has 1 heterocycles. The number of hydrogen-bond donors (Lipinski definition) is 1. The monoisotopic (exact) mass is 361 g/mol. The van der Waals surface area contributed by atoms with Gasteiger partial charge in [0.25, 0.3) is 0 Å². The first-order chi connectivity index (χ1) is 12.6. The highest BCUT2D eigenvalue weighted by molar-refractivity contribution is 8.15. The molecule has 130 valence electrons. The fourth-order valence-electron chi connectivity index (χ4n) is 3.19. The van der Waals surface area contributed by atoms with Gasteiger partial charge in [0.05, 0.1) is 11.5 Å². The quantitative estimate of drug-likeness (QED) is 0.422. The lowest BCUT2D eigenvalue weighted by Gasteiger charge is -2.07. The lowest BCUT2D eigenvalue weighted by atomic mass is 9.97. The molecule has 4 nitrogen and oxygen atoms in total. The van der Waals surface area contributed by atoms with Crippen LogP contribution in [0.2, 0.25) is 0 Å². The van der Waals surface area contributed by atoms with Gasteiger partial charge >= 0.3 is 0 Å². The number of thioether (sulfide) groups is 1. The number of amides is 1. The largest absolute Gasteiger partial charge is 0.303 e. The first kappa shape index (κ1) is 16.8. The van der Waals surface area contributed by atoms with Gasteiger partial charge < -0.3 is 5.32 Å². The molecular formula is C21H19N3OS. The summed E-state index contributed by atoms with van der Waals surface area (Å²) >= 11 is 1.44. The van der Waals surface area contributed by atoms with Crippen LogP contribution in [0.1, 0.15) is 19.4 Å². The number of amidine groups is 1. The van der Waals surface area contributed by atoms with Crippen LogP contribution in [0.5, 0.6) is 0 Å². The third-order valence-electron chi connectivity index (χ3n) is 4.48. The van der Waals surface area contributed by atoms with E-state index >= 15 is 0 Å². The maximum absolute atomic E-state index is 11.9. The van der Waals surface area contributed by atoms with Crippen molar-refractivity contribution in [1.82, 2.24) is 5.32 Å². The summed E-state index contributed by atoms with van der Waals surface area (Å²) < 4.78 is 0. The van der Waals surface area contributed by atoms with Crippen LogP contribution in [-0.4, -0.2) is 22.5 Å². The van der Waals surface area contributed by atoms with Crippen LogP contribution in [0.25, 0.3) is 21.5 Å². The van der Waals surface area contributed by atoms with E-state index in [1.54, 1.807) is 6.21 Å². The molecule has 1 amide bonds. The second-order valence-corrected chi connectivity index (χ2v) is 7.78. The summed E-state index contributed by atoms with van der Waals surface area (Å²) in [5, 5.41) is 16.4. The van der Waals surface area contributed by atoms with E-state index < -0.39 is 0 Å². The molecule has 3 aromatic rings. The molecule has 1 aliphatic rings. The molecule has 1 N–H and O–H groups in total. The summed E-state index contributed by atoms with van der Waals surface area (Å²) in [6.45, 7) is 4.07. The zero-order chi connectivity index (χ0) is 18.1. The number of carbonyl (C=O) groups is 1. The van der Waals surface area contributed by atoms with Gasteiger partial charge in [-0.2, -0.15) is 5.10 Å². The van der Waals surface area contributed by atoms with Crippen LogP contribution in [0, 0.1) is 5.92 Å². The van der Waals surface area contributed by atoms with Crippen molar-refractivity contribution in [3.63, 3.8) is 0 Å². The Bertz CT molecular complexity index is 1000. The van der Waals surface area contributed by atoms with E-state index in [0.717, 1.165) is 16.3 Å². The Balaban J connectivity index is 1.73. The predicted octanol–water partition coefficient (Wildman–Crippen LogP) is 4.57. The van der Waals surface area contributed by atoms with Crippen LogP contribution < -0.4 is 5.32 Å². The fourth-order valence-corrected chi connectivity index (χ4v) is 4.13. The Morgan fingerprint density at radius 1 is 1.04 bits per heavy atom. The van der Waals surface area contributed by atoms with Gasteiger partial charge in [-0.25, -0.2) is 0 Å². The van der Waals surface area contributed by atoms with E-state index in [2.05, 4.69) is 45.9 Å². The van der Waals surface area contributed by atoms with Crippen LogP contribution in [0.3, 0.4) is 0 Å². The summed E-state index contributed by atoms with van der Waals surface area (Å²) in [5.41, 5.74) is 1.04. The lowest BCUT2D eigenvalue weighted by molar-refractivity contribution is -0.119. The van der Waals surface area contributed by atoms with E-state index in [-0.39, 0.29) is 17.1 Å². The van der Waals surface area contributed by atoms with Gasteiger partial charge in [-0.1, -0.05) is 74.1 Å². The Morgan fingerprint density at radius 2 is 1.65 bits per heavy atom. The molecule has 3 aromatic carbocycles. The van der Waals surface area contributed by atoms with Crippen molar-refractivity contribution in [2.45, 2.75) is 19.1 Å². The van der Waals surface area contributed by atoms with Crippen LogP contribution >= 0.6 is 11.8 Å². The highest BCUT2D eigenvalue weighted by Gasteiger charge is 2.32. The van der Waals surface area contributed by atoms with E-state index in [1.165, 1.54) is 22.5 Å². The van der Waals surface area contributed by atoms with E-state index in [4.69, 9.17) is 0 Å². The van der Waals surface area contributed by atoms with Gasteiger partial charge in [0.15, 0.2) is 5.17 Å². The number of benzene rings is 3. The minimum Gasteiger partial charge on any atom is -0.303 e. The molecule has 1 fully saturated rings. The van der Waals surface area contributed by atoms with Gasteiger partial charge in [0.1, 0.15) is 0 Å². The van der Waals surface area contributed by atoms with Crippen molar-refractivity contribution in [2.75, 3.05) is 0 Å². The second kappa shape index (κ2) is 6.92. The molecule has 4 rings (SSSR count). The van der Waals surface area contributed by atoms with Crippen molar-refractivity contribution < 1.29 is 4.79 Å². The maximum atomic E-state index is 11.9. The first-order valence-electron chi connectivity index (χ1n) is 8.62. The minimum absolute atomic E-state index is 0.00885. The van der Waals surface area contributed by atoms with Crippen molar-refractivity contribution in [3.8, 4) is 0 Å². The number of hydrogen-bond acceptors (Lipinski definition) is 4. The van der Waals surface area contributed by atoms with E-state index in [0.29, 0.717) is 5.17 Å². The van der Waals surface area contributed by atoms with Crippen molar-refractivity contribution >= 4 is 50.6 Å². The Kier molecular flexibility index (Phi) is 4.47.